The lowest BCUT2D eigenvalue weighted by Crippen LogP contribution is -2.11. The lowest BCUT2D eigenvalue weighted by molar-refractivity contribution is 0.230. The zero-order valence-corrected chi connectivity index (χ0v) is 14.3. The van der Waals surface area contributed by atoms with Crippen LogP contribution < -0.4 is 5.30 Å². The molecule has 0 aliphatic heterocycles. The van der Waals surface area contributed by atoms with Crippen molar-refractivity contribution in [2.24, 2.45) is 0 Å². The second kappa shape index (κ2) is 7.27. The van der Waals surface area contributed by atoms with E-state index in [-0.39, 0.29) is 0 Å². The Kier molecular flexibility index (Phi) is 5.65. The summed E-state index contributed by atoms with van der Waals surface area (Å²) < 4.78 is 24.4. The summed E-state index contributed by atoms with van der Waals surface area (Å²) in [6.45, 7) is 4.18. The zero-order chi connectivity index (χ0) is 15.3. The van der Waals surface area contributed by atoms with Gasteiger partial charge in [0.2, 0.25) is 0 Å². The minimum atomic E-state index is -3.31. The summed E-state index contributed by atoms with van der Waals surface area (Å²) in [6.07, 6.45) is 3.26. The van der Waals surface area contributed by atoms with Crippen molar-refractivity contribution in [3.05, 3.63) is 41.1 Å². The van der Waals surface area contributed by atoms with E-state index in [0.29, 0.717) is 29.9 Å². The van der Waals surface area contributed by atoms with Gasteiger partial charge in [0.05, 0.1) is 29.9 Å². The minimum absolute atomic E-state index is 0.310. The highest BCUT2D eigenvalue weighted by atomic mass is 79.9. The standard InChI is InChI=1S/C14H16BrN2O3P/c1-3-19-21(18,20-4-2)12-6-8-17-14(10-12)13-9-11(15)5-7-16-13/h5-10H,3-4H2,1-2H3. The smallest absolute Gasteiger partial charge is 0.305 e. The Morgan fingerprint density at radius 2 is 1.62 bits per heavy atom. The molecule has 21 heavy (non-hydrogen) atoms. The van der Waals surface area contributed by atoms with Gasteiger partial charge in [0.25, 0.3) is 0 Å². The van der Waals surface area contributed by atoms with Crippen LogP contribution in [-0.4, -0.2) is 23.2 Å². The second-order valence-corrected chi connectivity index (χ2v) is 7.04. The first-order valence-electron chi connectivity index (χ1n) is 6.56. The Balaban J connectivity index is 2.43. The molecule has 0 saturated heterocycles. The maximum atomic E-state index is 12.8. The predicted octanol–water partition coefficient (Wildman–Crippen LogP) is 3.80. The van der Waals surface area contributed by atoms with Crippen molar-refractivity contribution in [1.82, 2.24) is 9.97 Å². The van der Waals surface area contributed by atoms with E-state index in [9.17, 15) is 4.57 Å². The quantitative estimate of drug-likeness (QED) is 0.723. The van der Waals surface area contributed by atoms with Gasteiger partial charge in [-0.3, -0.25) is 14.5 Å². The van der Waals surface area contributed by atoms with E-state index in [1.165, 1.54) is 0 Å². The van der Waals surface area contributed by atoms with Crippen molar-refractivity contribution in [1.29, 1.82) is 0 Å². The summed E-state index contributed by atoms with van der Waals surface area (Å²) in [7, 11) is -3.31. The van der Waals surface area contributed by atoms with Crippen LogP contribution in [0, 0.1) is 0 Å². The van der Waals surface area contributed by atoms with E-state index >= 15 is 0 Å². The van der Waals surface area contributed by atoms with Gasteiger partial charge in [0.15, 0.2) is 0 Å². The van der Waals surface area contributed by atoms with Crippen molar-refractivity contribution in [2.45, 2.75) is 13.8 Å². The molecule has 0 amide bonds. The molecule has 0 radical (unpaired) electrons. The lowest BCUT2D eigenvalue weighted by Gasteiger charge is -2.17. The highest BCUT2D eigenvalue weighted by Gasteiger charge is 2.27. The average Bonchev–Trinajstić information content (AvgIpc) is 2.48. The van der Waals surface area contributed by atoms with Crippen LogP contribution in [0.1, 0.15) is 13.8 Å². The van der Waals surface area contributed by atoms with E-state index in [1.807, 2.05) is 12.1 Å². The summed E-state index contributed by atoms with van der Waals surface area (Å²) >= 11 is 3.40. The van der Waals surface area contributed by atoms with Gasteiger partial charge in [-0.2, -0.15) is 0 Å². The summed E-state index contributed by atoms with van der Waals surface area (Å²) in [6, 6.07) is 7.02. The number of hydrogen-bond donors (Lipinski definition) is 0. The summed E-state index contributed by atoms with van der Waals surface area (Å²) in [5, 5.41) is 0.484. The first-order chi connectivity index (χ1) is 10.1. The van der Waals surface area contributed by atoms with Crippen molar-refractivity contribution in [2.75, 3.05) is 13.2 Å². The van der Waals surface area contributed by atoms with Crippen LogP contribution in [0.4, 0.5) is 0 Å². The van der Waals surface area contributed by atoms with E-state index in [0.717, 1.165) is 4.47 Å². The average molecular weight is 371 g/mol. The molecular formula is C14H16BrN2O3P. The molecule has 5 nitrogen and oxygen atoms in total. The molecule has 0 fully saturated rings. The molecule has 0 aliphatic rings. The molecule has 0 bridgehead atoms. The molecule has 0 unspecified atom stereocenters. The summed E-state index contributed by atoms with van der Waals surface area (Å²) in [5.41, 5.74) is 1.30. The topological polar surface area (TPSA) is 61.3 Å². The van der Waals surface area contributed by atoms with Gasteiger partial charge < -0.3 is 9.05 Å². The van der Waals surface area contributed by atoms with E-state index in [2.05, 4.69) is 25.9 Å². The van der Waals surface area contributed by atoms with Gasteiger partial charge in [-0.15, -0.1) is 0 Å². The number of hydrogen-bond acceptors (Lipinski definition) is 5. The third-order valence-corrected chi connectivity index (χ3v) is 5.24. The number of nitrogens with zero attached hydrogens (tertiary/aromatic N) is 2. The van der Waals surface area contributed by atoms with E-state index in [4.69, 9.17) is 9.05 Å². The molecule has 2 heterocycles. The van der Waals surface area contributed by atoms with Gasteiger partial charge in [0.1, 0.15) is 0 Å². The van der Waals surface area contributed by atoms with Crippen LogP contribution in [0.3, 0.4) is 0 Å². The molecule has 0 aliphatic carbocycles. The molecule has 0 N–H and O–H groups in total. The normalized spacial score (nSPS) is 11.6. The maximum absolute atomic E-state index is 12.8. The van der Waals surface area contributed by atoms with E-state index < -0.39 is 7.60 Å². The van der Waals surface area contributed by atoms with Gasteiger partial charge in [0, 0.05) is 16.9 Å². The van der Waals surface area contributed by atoms with Gasteiger partial charge >= 0.3 is 7.60 Å². The van der Waals surface area contributed by atoms with Gasteiger partial charge in [-0.1, -0.05) is 15.9 Å². The maximum Gasteiger partial charge on any atom is 0.361 e. The fourth-order valence-corrected chi connectivity index (χ4v) is 3.72. The highest BCUT2D eigenvalue weighted by Crippen LogP contribution is 2.47. The van der Waals surface area contributed by atoms with Crippen LogP contribution in [0.2, 0.25) is 0 Å². The van der Waals surface area contributed by atoms with Gasteiger partial charge in [-0.25, -0.2) is 0 Å². The number of rotatable bonds is 6. The third-order valence-electron chi connectivity index (χ3n) is 2.64. The summed E-state index contributed by atoms with van der Waals surface area (Å²) in [4.78, 5) is 8.53. The van der Waals surface area contributed by atoms with Crippen LogP contribution in [0.5, 0.6) is 0 Å². The first-order valence-corrected chi connectivity index (χ1v) is 8.90. The molecule has 0 atom stereocenters. The largest absolute Gasteiger partial charge is 0.361 e. The first kappa shape index (κ1) is 16.3. The summed E-state index contributed by atoms with van der Waals surface area (Å²) in [5.74, 6) is 0. The Labute approximate surface area is 132 Å². The Hall–Kier alpha value is -1.07. The van der Waals surface area contributed by atoms with E-state index in [1.54, 1.807) is 38.4 Å². The van der Waals surface area contributed by atoms with Gasteiger partial charge in [-0.05, 0) is 38.1 Å². The molecule has 112 valence electrons. The molecule has 2 aromatic heterocycles. The van der Waals surface area contributed by atoms with Crippen molar-refractivity contribution >= 4 is 28.8 Å². The number of pyridine rings is 2. The monoisotopic (exact) mass is 370 g/mol. The molecule has 0 saturated carbocycles. The molecule has 2 aromatic rings. The number of aromatic nitrogens is 2. The van der Waals surface area contributed by atoms with Crippen molar-refractivity contribution < 1.29 is 13.6 Å². The van der Waals surface area contributed by atoms with Crippen molar-refractivity contribution in [3.8, 4) is 11.4 Å². The van der Waals surface area contributed by atoms with Crippen LogP contribution >= 0.6 is 23.5 Å². The third kappa shape index (κ3) is 3.98. The van der Waals surface area contributed by atoms with Crippen molar-refractivity contribution in [3.63, 3.8) is 0 Å². The molecule has 0 spiro atoms. The number of halogens is 1. The minimum Gasteiger partial charge on any atom is -0.305 e. The fourth-order valence-electron chi connectivity index (χ4n) is 1.80. The Morgan fingerprint density at radius 1 is 1.05 bits per heavy atom. The molecule has 2 rings (SSSR count). The molecular weight excluding hydrogens is 355 g/mol. The fraction of sp³-hybridized carbons (Fsp3) is 0.286. The predicted molar refractivity (Wildman–Crippen MR) is 85.7 cm³/mol. The highest BCUT2D eigenvalue weighted by molar-refractivity contribution is 9.10. The Bertz CT molecular complexity index is 656. The van der Waals surface area contributed by atoms with Crippen LogP contribution in [0.15, 0.2) is 41.1 Å². The van der Waals surface area contributed by atoms with Crippen LogP contribution in [-0.2, 0) is 13.6 Å². The second-order valence-electron chi connectivity index (χ2n) is 4.09. The lowest BCUT2D eigenvalue weighted by atomic mass is 10.2. The Morgan fingerprint density at radius 3 is 2.19 bits per heavy atom. The molecule has 7 heteroatoms. The SMILES string of the molecule is CCOP(=O)(OCC)c1ccnc(-c2cc(Br)ccn2)c1. The van der Waals surface area contributed by atoms with Crippen LogP contribution in [0.25, 0.3) is 11.4 Å². The zero-order valence-electron chi connectivity index (χ0n) is 11.8. The molecule has 0 aromatic carbocycles.